The highest BCUT2D eigenvalue weighted by Crippen LogP contribution is 2.23. The molecule has 1 N–H and O–H groups in total. The summed E-state index contributed by atoms with van der Waals surface area (Å²) < 4.78 is 70.3. The summed E-state index contributed by atoms with van der Waals surface area (Å²) >= 11 is 0. The smallest absolute Gasteiger partial charge is 0.200 e. The average Bonchev–Trinajstić information content (AvgIpc) is 2.98. The lowest BCUT2D eigenvalue weighted by atomic mass is 10.2. The van der Waals surface area contributed by atoms with Gasteiger partial charge in [0.05, 0.1) is 5.56 Å². The van der Waals surface area contributed by atoms with Gasteiger partial charge in [-0.3, -0.25) is 0 Å². The first-order chi connectivity index (χ1) is 10.5. The summed E-state index contributed by atoms with van der Waals surface area (Å²) in [6.07, 6.45) is 1.01. The fourth-order valence-electron chi connectivity index (χ4n) is 1.52. The highest BCUT2D eigenvalue weighted by molar-refractivity contribution is 5.75. The van der Waals surface area contributed by atoms with Crippen molar-refractivity contribution >= 4 is 6.21 Å². The van der Waals surface area contributed by atoms with Gasteiger partial charge in [-0.25, -0.2) is 22.0 Å². The molecule has 0 atom stereocenters. The monoisotopic (exact) mass is 321 g/mol. The molecule has 0 bridgehead atoms. The lowest BCUT2D eigenvalue weighted by molar-refractivity contribution is 0.124. The summed E-state index contributed by atoms with van der Waals surface area (Å²) in [4.78, 5) is 4.49. The standard InChI is InChI=1S/C13H8F5NO3/c14-9-8(10(15)12(17)13(18)11(9)16)5-21-19-3-6-1-2-7(4-20)22-6/h1-3,20H,4-5H2/b19-3+. The Kier molecular flexibility index (Phi) is 4.76. The van der Waals surface area contributed by atoms with Gasteiger partial charge < -0.3 is 14.4 Å². The molecular formula is C13H8F5NO3. The van der Waals surface area contributed by atoms with Gasteiger partial charge in [0, 0.05) is 0 Å². The second-order valence-electron chi connectivity index (χ2n) is 4.02. The van der Waals surface area contributed by atoms with Gasteiger partial charge in [-0.05, 0) is 12.1 Å². The van der Waals surface area contributed by atoms with Crippen LogP contribution in [0.1, 0.15) is 17.1 Å². The molecule has 2 aromatic rings. The van der Waals surface area contributed by atoms with Crippen LogP contribution in [0, 0.1) is 29.1 Å². The maximum atomic E-state index is 13.3. The largest absolute Gasteiger partial charge is 0.458 e. The molecule has 22 heavy (non-hydrogen) atoms. The number of rotatable bonds is 5. The Morgan fingerprint density at radius 1 is 1.00 bits per heavy atom. The lowest BCUT2D eigenvalue weighted by Gasteiger charge is -2.06. The minimum Gasteiger partial charge on any atom is -0.458 e. The number of furan rings is 1. The maximum Gasteiger partial charge on any atom is 0.200 e. The van der Waals surface area contributed by atoms with E-state index < -0.39 is 41.3 Å². The van der Waals surface area contributed by atoms with E-state index in [0.29, 0.717) is 0 Å². The van der Waals surface area contributed by atoms with Crippen LogP contribution in [0.5, 0.6) is 0 Å². The molecule has 1 heterocycles. The molecule has 0 fully saturated rings. The average molecular weight is 321 g/mol. The topological polar surface area (TPSA) is 55.0 Å². The minimum absolute atomic E-state index is 0.168. The molecule has 2 rings (SSSR count). The zero-order chi connectivity index (χ0) is 16.3. The lowest BCUT2D eigenvalue weighted by Crippen LogP contribution is -2.07. The number of hydrogen-bond donors (Lipinski definition) is 1. The van der Waals surface area contributed by atoms with E-state index in [-0.39, 0.29) is 18.1 Å². The third-order valence-electron chi connectivity index (χ3n) is 2.60. The van der Waals surface area contributed by atoms with Crippen molar-refractivity contribution in [1.29, 1.82) is 0 Å². The van der Waals surface area contributed by atoms with E-state index in [1.165, 1.54) is 12.1 Å². The van der Waals surface area contributed by atoms with E-state index >= 15 is 0 Å². The van der Waals surface area contributed by atoms with Crippen molar-refractivity contribution in [2.45, 2.75) is 13.2 Å². The molecule has 118 valence electrons. The van der Waals surface area contributed by atoms with E-state index in [9.17, 15) is 22.0 Å². The van der Waals surface area contributed by atoms with Crippen LogP contribution in [0.3, 0.4) is 0 Å². The van der Waals surface area contributed by atoms with Crippen molar-refractivity contribution in [3.05, 3.63) is 58.3 Å². The molecule has 0 amide bonds. The van der Waals surface area contributed by atoms with Gasteiger partial charge in [0.25, 0.3) is 0 Å². The van der Waals surface area contributed by atoms with Gasteiger partial charge in [-0.15, -0.1) is 0 Å². The number of aliphatic hydroxyl groups excluding tert-OH is 1. The number of oxime groups is 1. The summed E-state index contributed by atoms with van der Waals surface area (Å²) in [6.45, 7) is -1.30. The minimum atomic E-state index is -2.24. The van der Waals surface area contributed by atoms with E-state index in [0.717, 1.165) is 6.21 Å². The number of aliphatic hydroxyl groups is 1. The Labute approximate surface area is 120 Å². The highest BCUT2D eigenvalue weighted by Gasteiger charge is 2.25. The van der Waals surface area contributed by atoms with Crippen LogP contribution in [0.25, 0.3) is 0 Å². The third kappa shape index (κ3) is 3.08. The molecule has 0 aliphatic rings. The summed E-state index contributed by atoms with van der Waals surface area (Å²) in [7, 11) is 0. The first kappa shape index (κ1) is 16.0. The van der Waals surface area contributed by atoms with Crippen molar-refractivity contribution < 1.29 is 36.3 Å². The third-order valence-corrected chi connectivity index (χ3v) is 2.60. The summed E-state index contributed by atoms with van der Waals surface area (Å²) in [6, 6.07) is 2.88. The molecule has 1 aromatic carbocycles. The van der Waals surface area contributed by atoms with Crippen LogP contribution >= 0.6 is 0 Å². The van der Waals surface area contributed by atoms with Crippen LogP contribution in [-0.4, -0.2) is 11.3 Å². The Hall–Kier alpha value is -2.42. The number of nitrogens with zero attached hydrogens (tertiary/aromatic N) is 1. The fraction of sp³-hybridized carbons (Fsp3) is 0.154. The molecule has 0 aliphatic carbocycles. The highest BCUT2D eigenvalue weighted by atomic mass is 19.2. The molecule has 4 nitrogen and oxygen atoms in total. The van der Waals surface area contributed by atoms with Crippen LogP contribution in [0.15, 0.2) is 21.7 Å². The Morgan fingerprint density at radius 3 is 2.14 bits per heavy atom. The summed E-state index contributed by atoms with van der Waals surface area (Å²) in [5.41, 5.74) is -1.14. The molecule has 0 unspecified atom stereocenters. The zero-order valence-corrected chi connectivity index (χ0v) is 10.7. The van der Waals surface area contributed by atoms with Gasteiger partial charge in [-0.1, -0.05) is 5.16 Å². The van der Waals surface area contributed by atoms with E-state index in [1.54, 1.807) is 0 Å². The summed E-state index contributed by atoms with van der Waals surface area (Å²) in [5, 5.41) is 12.0. The second-order valence-corrected chi connectivity index (χ2v) is 4.02. The Balaban J connectivity index is 2.09. The van der Waals surface area contributed by atoms with Crippen molar-refractivity contribution in [3.63, 3.8) is 0 Å². The van der Waals surface area contributed by atoms with Gasteiger partial charge in [0.15, 0.2) is 23.3 Å². The first-order valence-corrected chi connectivity index (χ1v) is 5.81. The van der Waals surface area contributed by atoms with Crippen molar-refractivity contribution in [1.82, 2.24) is 0 Å². The number of hydrogen-bond acceptors (Lipinski definition) is 4. The summed E-state index contributed by atoms with van der Waals surface area (Å²) in [5.74, 6) is -9.89. The molecule has 0 aliphatic heterocycles. The van der Waals surface area contributed by atoms with Gasteiger partial charge in [-0.2, -0.15) is 0 Å². The van der Waals surface area contributed by atoms with E-state index in [4.69, 9.17) is 9.52 Å². The van der Waals surface area contributed by atoms with E-state index in [2.05, 4.69) is 9.99 Å². The van der Waals surface area contributed by atoms with Crippen LogP contribution in [0.2, 0.25) is 0 Å². The van der Waals surface area contributed by atoms with Crippen molar-refractivity contribution in [2.24, 2.45) is 5.16 Å². The normalized spacial score (nSPS) is 11.4. The van der Waals surface area contributed by atoms with Gasteiger partial charge in [0.2, 0.25) is 5.82 Å². The Bertz CT molecular complexity index is 685. The van der Waals surface area contributed by atoms with Crippen molar-refractivity contribution in [3.8, 4) is 0 Å². The quantitative estimate of drug-likeness (QED) is 0.303. The molecule has 1 aromatic heterocycles. The van der Waals surface area contributed by atoms with Crippen molar-refractivity contribution in [2.75, 3.05) is 0 Å². The molecule has 0 saturated heterocycles. The SMILES string of the molecule is OCc1ccc(/C=N/OCc2c(F)c(F)c(F)c(F)c2F)o1. The predicted octanol–water partition coefficient (Wildman–Crippen LogP) is 3.02. The zero-order valence-electron chi connectivity index (χ0n) is 10.7. The Morgan fingerprint density at radius 2 is 1.59 bits per heavy atom. The van der Waals surface area contributed by atoms with Crippen LogP contribution in [-0.2, 0) is 18.1 Å². The van der Waals surface area contributed by atoms with Crippen LogP contribution < -0.4 is 0 Å². The molecule has 0 spiro atoms. The second kappa shape index (κ2) is 6.56. The van der Waals surface area contributed by atoms with E-state index in [1.807, 2.05) is 0 Å². The molecular weight excluding hydrogens is 313 g/mol. The molecule has 0 radical (unpaired) electrons. The van der Waals surface area contributed by atoms with Gasteiger partial charge >= 0.3 is 0 Å². The van der Waals surface area contributed by atoms with Gasteiger partial charge in [0.1, 0.15) is 30.9 Å². The maximum absolute atomic E-state index is 13.3. The van der Waals surface area contributed by atoms with Crippen LogP contribution in [0.4, 0.5) is 22.0 Å². The fourth-order valence-corrected chi connectivity index (χ4v) is 1.52. The number of halogens is 5. The first-order valence-electron chi connectivity index (χ1n) is 5.81. The molecule has 9 heteroatoms. The predicted molar refractivity (Wildman–Crippen MR) is 63.2 cm³/mol. The number of benzene rings is 1. The molecule has 0 saturated carbocycles.